The topological polar surface area (TPSA) is 84.1 Å². The summed E-state index contributed by atoms with van der Waals surface area (Å²) in [4.78, 5) is 32.5. The standard InChI is InChI=1S/C28H33N3O3/c1-17(2)23-13-21(15-26-30-24-11-10-20(28(33)34-4)14-25(24)31-26)18(3)12-22(23)16-29-27(32)19-8-6-5-7-9-19/h5-12,14,17,21-23H,13,15-16H2,1-4H3,(H,29,32)(H,30,31)/t21-,22-,23-/m0/s1. The number of esters is 1. The van der Waals surface area contributed by atoms with E-state index in [4.69, 9.17) is 9.72 Å². The van der Waals surface area contributed by atoms with Crippen LogP contribution in [-0.4, -0.2) is 35.5 Å². The Hall–Kier alpha value is -3.41. The van der Waals surface area contributed by atoms with E-state index in [1.807, 2.05) is 36.4 Å². The van der Waals surface area contributed by atoms with Gasteiger partial charge >= 0.3 is 5.97 Å². The van der Waals surface area contributed by atoms with E-state index in [2.05, 4.69) is 37.1 Å². The molecule has 0 saturated carbocycles. The number of aromatic nitrogens is 2. The molecule has 0 unspecified atom stereocenters. The van der Waals surface area contributed by atoms with E-state index in [1.165, 1.54) is 12.7 Å². The molecule has 0 spiro atoms. The fourth-order valence-electron chi connectivity index (χ4n) is 5.05. The van der Waals surface area contributed by atoms with Gasteiger partial charge in [-0.25, -0.2) is 9.78 Å². The number of allylic oxidation sites excluding steroid dienone is 1. The number of hydrogen-bond donors (Lipinski definition) is 2. The van der Waals surface area contributed by atoms with Crippen LogP contribution < -0.4 is 5.32 Å². The summed E-state index contributed by atoms with van der Waals surface area (Å²) in [6.45, 7) is 7.35. The van der Waals surface area contributed by atoms with Crippen molar-refractivity contribution in [1.29, 1.82) is 0 Å². The lowest BCUT2D eigenvalue weighted by Crippen LogP contribution is -2.37. The molecular weight excluding hydrogens is 426 g/mol. The van der Waals surface area contributed by atoms with Crippen LogP contribution in [0.25, 0.3) is 11.0 Å². The Kier molecular flexibility index (Phi) is 7.15. The number of fused-ring (bicyclic) bond motifs is 1. The van der Waals surface area contributed by atoms with Gasteiger partial charge in [-0.3, -0.25) is 4.79 Å². The number of ether oxygens (including phenoxy) is 1. The van der Waals surface area contributed by atoms with E-state index < -0.39 is 0 Å². The first-order chi connectivity index (χ1) is 16.4. The number of carbonyl (C=O) groups excluding carboxylic acids is 2. The summed E-state index contributed by atoms with van der Waals surface area (Å²) in [6, 6.07) is 14.8. The molecule has 0 aliphatic heterocycles. The lowest BCUT2D eigenvalue weighted by molar-refractivity contribution is 0.0600. The van der Waals surface area contributed by atoms with Gasteiger partial charge in [0.15, 0.2) is 0 Å². The zero-order valence-corrected chi connectivity index (χ0v) is 20.3. The van der Waals surface area contributed by atoms with Gasteiger partial charge in [-0.2, -0.15) is 0 Å². The van der Waals surface area contributed by atoms with E-state index in [0.717, 1.165) is 29.7 Å². The van der Waals surface area contributed by atoms with Crippen LogP contribution in [0.3, 0.4) is 0 Å². The molecule has 34 heavy (non-hydrogen) atoms. The molecule has 1 amide bonds. The van der Waals surface area contributed by atoms with Crippen molar-refractivity contribution in [2.75, 3.05) is 13.7 Å². The van der Waals surface area contributed by atoms with Gasteiger partial charge in [0.2, 0.25) is 0 Å². The number of carbonyl (C=O) groups is 2. The molecule has 2 aromatic carbocycles. The third-order valence-corrected chi connectivity index (χ3v) is 7.01. The predicted octanol–water partition coefficient (Wildman–Crippen LogP) is 5.18. The van der Waals surface area contributed by atoms with Gasteiger partial charge in [-0.15, -0.1) is 0 Å². The van der Waals surface area contributed by atoms with Crippen LogP contribution in [-0.2, 0) is 11.2 Å². The smallest absolute Gasteiger partial charge is 0.337 e. The summed E-state index contributed by atoms with van der Waals surface area (Å²) in [5, 5.41) is 3.14. The molecule has 1 aliphatic carbocycles. The average Bonchev–Trinajstić information content (AvgIpc) is 3.25. The number of H-pyrrole nitrogens is 1. The molecule has 2 N–H and O–H groups in total. The second kappa shape index (κ2) is 10.2. The van der Waals surface area contributed by atoms with Crippen LogP contribution in [0.1, 0.15) is 53.7 Å². The van der Waals surface area contributed by atoms with Gasteiger partial charge in [-0.1, -0.05) is 43.7 Å². The van der Waals surface area contributed by atoms with Crippen LogP contribution in [0.15, 0.2) is 60.2 Å². The van der Waals surface area contributed by atoms with Crippen molar-refractivity contribution in [2.24, 2.45) is 23.7 Å². The quantitative estimate of drug-likeness (QED) is 0.377. The van der Waals surface area contributed by atoms with Gasteiger partial charge < -0.3 is 15.0 Å². The predicted molar refractivity (Wildman–Crippen MR) is 134 cm³/mol. The second-order valence-electron chi connectivity index (χ2n) is 9.60. The molecule has 0 bridgehead atoms. The molecule has 4 rings (SSSR count). The number of methoxy groups -OCH3 is 1. The van der Waals surface area contributed by atoms with Crippen molar-refractivity contribution in [3.8, 4) is 0 Å². The molecule has 178 valence electrons. The van der Waals surface area contributed by atoms with E-state index in [1.54, 1.807) is 12.1 Å². The lowest BCUT2D eigenvalue weighted by atomic mass is 9.69. The molecule has 0 fully saturated rings. The van der Waals surface area contributed by atoms with E-state index >= 15 is 0 Å². The molecule has 1 aromatic heterocycles. The van der Waals surface area contributed by atoms with Crippen molar-refractivity contribution in [3.05, 3.63) is 77.1 Å². The Balaban J connectivity index is 1.47. The van der Waals surface area contributed by atoms with Crippen molar-refractivity contribution in [2.45, 2.75) is 33.6 Å². The number of hydrogen-bond acceptors (Lipinski definition) is 4. The zero-order chi connectivity index (χ0) is 24.2. The molecule has 6 nitrogen and oxygen atoms in total. The number of benzene rings is 2. The van der Waals surface area contributed by atoms with E-state index in [-0.39, 0.29) is 11.9 Å². The first-order valence-electron chi connectivity index (χ1n) is 11.9. The van der Waals surface area contributed by atoms with Gasteiger partial charge in [-0.05, 0) is 67.3 Å². The first-order valence-corrected chi connectivity index (χ1v) is 11.9. The summed E-state index contributed by atoms with van der Waals surface area (Å²) >= 11 is 0. The molecule has 0 saturated heterocycles. The highest BCUT2D eigenvalue weighted by Gasteiger charge is 2.32. The number of nitrogens with zero attached hydrogens (tertiary/aromatic N) is 1. The summed E-state index contributed by atoms with van der Waals surface area (Å²) in [7, 11) is 1.38. The van der Waals surface area contributed by atoms with Crippen LogP contribution in [0.2, 0.25) is 0 Å². The molecule has 6 heteroatoms. The third kappa shape index (κ3) is 5.22. The van der Waals surface area contributed by atoms with Crippen LogP contribution in [0.4, 0.5) is 0 Å². The average molecular weight is 460 g/mol. The number of amides is 1. The highest BCUT2D eigenvalue weighted by atomic mass is 16.5. The van der Waals surface area contributed by atoms with Crippen molar-refractivity contribution in [3.63, 3.8) is 0 Å². The van der Waals surface area contributed by atoms with Crippen LogP contribution in [0.5, 0.6) is 0 Å². The van der Waals surface area contributed by atoms with Gasteiger partial charge in [0.1, 0.15) is 5.82 Å². The van der Waals surface area contributed by atoms with Crippen LogP contribution in [0, 0.1) is 23.7 Å². The largest absolute Gasteiger partial charge is 0.465 e. The van der Waals surface area contributed by atoms with Crippen LogP contribution >= 0.6 is 0 Å². The Labute approximate surface area is 200 Å². The SMILES string of the molecule is COC(=O)c1ccc2nc(C[C@@H]3C[C@@H](C(C)C)[C@H](CNC(=O)c4ccccc4)C=C3C)[nH]c2c1. The molecule has 3 atom stereocenters. The minimum atomic E-state index is -0.353. The van der Waals surface area contributed by atoms with Crippen molar-refractivity contribution < 1.29 is 14.3 Å². The van der Waals surface area contributed by atoms with E-state index in [0.29, 0.717) is 41.3 Å². The fourth-order valence-corrected chi connectivity index (χ4v) is 5.05. The molecular formula is C28H33N3O3. The van der Waals surface area contributed by atoms with Gasteiger partial charge in [0.25, 0.3) is 5.91 Å². The van der Waals surface area contributed by atoms with Gasteiger partial charge in [0.05, 0.1) is 23.7 Å². The van der Waals surface area contributed by atoms with Gasteiger partial charge in [0, 0.05) is 18.5 Å². The van der Waals surface area contributed by atoms with Crippen molar-refractivity contribution >= 4 is 22.9 Å². The number of aromatic amines is 1. The summed E-state index contributed by atoms with van der Waals surface area (Å²) in [5.74, 6) is 2.22. The maximum absolute atomic E-state index is 12.5. The summed E-state index contributed by atoms with van der Waals surface area (Å²) in [6.07, 6.45) is 4.22. The van der Waals surface area contributed by atoms with Crippen molar-refractivity contribution in [1.82, 2.24) is 15.3 Å². The zero-order valence-electron chi connectivity index (χ0n) is 20.3. The minimum absolute atomic E-state index is 0.0233. The molecule has 3 aromatic rings. The molecule has 1 aliphatic rings. The summed E-state index contributed by atoms with van der Waals surface area (Å²) in [5.41, 5.74) is 4.24. The summed E-state index contributed by atoms with van der Waals surface area (Å²) < 4.78 is 4.82. The normalized spacial score (nSPS) is 20.3. The highest BCUT2D eigenvalue weighted by Crippen LogP contribution is 2.38. The molecule has 1 heterocycles. The Bertz CT molecular complexity index is 1200. The third-order valence-electron chi connectivity index (χ3n) is 7.01. The first kappa shape index (κ1) is 23.7. The highest BCUT2D eigenvalue weighted by molar-refractivity contribution is 5.94. The van der Waals surface area contributed by atoms with E-state index in [9.17, 15) is 9.59 Å². The fraction of sp³-hybridized carbons (Fsp3) is 0.393. The Morgan fingerprint density at radius 3 is 2.62 bits per heavy atom. The number of nitrogens with one attached hydrogen (secondary N) is 2. The molecule has 0 radical (unpaired) electrons. The number of imidazole rings is 1. The maximum atomic E-state index is 12.5. The monoisotopic (exact) mass is 459 g/mol. The Morgan fingerprint density at radius 1 is 1.15 bits per heavy atom. The minimum Gasteiger partial charge on any atom is -0.465 e. The maximum Gasteiger partial charge on any atom is 0.337 e. The second-order valence-corrected chi connectivity index (χ2v) is 9.60. The number of rotatable bonds is 7. The lowest BCUT2D eigenvalue weighted by Gasteiger charge is -2.37. The Morgan fingerprint density at radius 2 is 1.91 bits per heavy atom.